The van der Waals surface area contributed by atoms with Crippen molar-refractivity contribution in [1.82, 2.24) is 0 Å². The van der Waals surface area contributed by atoms with Crippen molar-refractivity contribution in [3.63, 3.8) is 0 Å². The average molecular weight is 1450 g/mol. The van der Waals surface area contributed by atoms with Crippen LogP contribution in [-0.2, 0) is 30.1 Å². The van der Waals surface area contributed by atoms with E-state index in [0.717, 1.165) is 101 Å². The summed E-state index contributed by atoms with van der Waals surface area (Å²) in [5, 5.41) is 63.3. The van der Waals surface area contributed by atoms with Crippen LogP contribution in [0.25, 0.3) is 32.3 Å². The Hall–Kier alpha value is -8.59. The van der Waals surface area contributed by atoms with Gasteiger partial charge in [0.15, 0.2) is 11.6 Å². The number of aliphatic hydroxyl groups excluding tert-OH is 3. The first kappa shape index (κ1) is 72.2. The highest BCUT2D eigenvalue weighted by Crippen LogP contribution is 2.45. The van der Waals surface area contributed by atoms with Gasteiger partial charge in [0, 0.05) is 38.4 Å². The number of thioether (sulfide) groups is 3. The number of benzene rings is 9. The number of fused-ring (bicyclic) bond motifs is 3. The Balaban J connectivity index is 0.000000159. The summed E-state index contributed by atoms with van der Waals surface area (Å²) in [6.45, 7) is 10.3. The number of aromatic hydroxyl groups is 3. The Kier molecular flexibility index (Phi) is 23.9. The third-order valence-electron chi connectivity index (χ3n) is 16.4. The Labute approximate surface area is 582 Å². The molecule has 0 spiro atoms. The van der Waals surface area contributed by atoms with Crippen molar-refractivity contribution in [3.8, 4) is 34.5 Å². The minimum Gasteiger partial charge on any atom is -0.512 e. The van der Waals surface area contributed by atoms with E-state index >= 15 is 0 Å². The first-order valence-electron chi connectivity index (χ1n) is 31.7. The van der Waals surface area contributed by atoms with E-state index in [-0.39, 0.29) is 96.2 Å². The number of ether oxygens (including phenoxy) is 3. The lowest BCUT2D eigenvalue weighted by Crippen LogP contribution is -2.20. The molecule has 0 bridgehead atoms. The fraction of sp³-hybridized carbons (Fsp3) is 0.260. The molecule has 0 radical (unpaired) electrons. The number of hydrogen-bond acceptors (Lipinski definition) is 18. The summed E-state index contributed by atoms with van der Waals surface area (Å²) >= 11 is 3.46. The Morgan fingerprint density at radius 1 is 0.398 bits per heavy atom. The molecular weight excluding hydrogens is 1370 g/mol. The van der Waals surface area contributed by atoms with Crippen LogP contribution in [0.15, 0.2) is 224 Å². The predicted octanol–water partition coefficient (Wildman–Crippen LogP) is 18.0. The van der Waals surface area contributed by atoms with Gasteiger partial charge in [-0.2, -0.15) is 0 Å². The maximum Gasteiger partial charge on any atom is 0.262 e. The van der Waals surface area contributed by atoms with Crippen LogP contribution < -0.4 is 28.4 Å². The number of phenols is 3. The fourth-order valence-corrected chi connectivity index (χ4v) is 17.2. The van der Waals surface area contributed by atoms with Crippen LogP contribution in [0.1, 0.15) is 83.5 Å². The van der Waals surface area contributed by atoms with E-state index in [1.165, 1.54) is 66.0 Å². The van der Waals surface area contributed by atoms with Crippen molar-refractivity contribution in [2.24, 2.45) is 0 Å². The van der Waals surface area contributed by atoms with Crippen LogP contribution in [0, 0.1) is 5.82 Å². The lowest BCUT2D eigenvalue weighted by molar-refractivity contribution is 0.148. The fourth-order valence-electron chi connectivity index (χ4n) is 11.6. The number of nitrogens with one attached hydrogen (secondary N) is 3. The molecule has 3 fully saturated rings. The molecule has 98 heavy (non-hydrogen) atoms. The summed E-state index contributed by atoms with van der Waals surface area (Å²) in [7, 11) is -11.9. The molecule has 0 aliphatic heterocycles. The largest absolute Gasteiger partial charge is 0.512 e. The quantitative estimate of drug-likeness (QED) is 0.0154. The van der Waals surface area contributed by atoms with Gasteiger partial charge in [0.05, 0.1) is 99.3 Å². The predicted molar refractivity (Wildman–Crippen MR) is 389 cm³/mol. The van der Waals surface area contributed by atoms with Crippen LogP contribution in [0.5, 0.6) is 34.5 Å². The van der Waals surface area contributed by atoms with E-state index < -0.39 is 35.9 Å². The van der Waals surface area contributed by atoms with E-state index in [1.54, 1.807) is 109 Å². The van der Waals surface area contributed by atoms with E-state index in [2.05, 4.69) is 33.9 Å². The molecule has 3 saturated carbocycles. The van der Waals surface area contributed by atoms with Crippen molar-refractivity contribution in [3.05, 3.63) is 201 Å². The summed E-state index contributed by atoms with van der Waals surface area (Å²) < 4.78 is 119. The zero-order valence-corrected chi connectivity index (χ0v) is 58.3. The summed E-state index contributed by atoms with van der Waals surface area (Å²) in [6.07, 6.45) is 13.8. The van der Waals surface area contributed by atoms with Gasteiger partial charge in [-0.15, -0.1) is 35.3 Å². The number of aliphatic hydroxyl groups is 3. The first-order valence-corrected chi connectivity index (χ1v) is 39.1. The van der Waals surface area contributed by atoms with E-state index in [1.807, 2.05) is 0 Å². The van der Waals surface area contributed by atoms with E-state index in [4.69, 9.17) is 14.2 Å². The van der Waals surface area contributed by atoms with E-state index in [9.17, 15) is 60.3 Å². The molecule has 516 valence electrons. The van der Waals surface area contributed by atoms with Crippen molar-refractivity contribution in [2.45, 2.75) is 131 Å². The minimum atomic E-state index is -4.14. The lowest BCUT2D eigenvalue weighted by Gasteiger charge is -2.23. The normalized spacial score (nSPS) is 14.6. The van der Waals surface area contributed by atoms with Gasteiger partial charge >= 0.3 is 0 Å². The monoisotopic (exact) mass is 1450 g/mol. The highest BCUT2D eigenvalue weighted by atomic mass is 32.2. The molecule has 0 heterocycles. The molecular formula is C73H76FN3O15S6. The Morgan fingerprint density at radius 2 is 0.735 bits per heavy atom. The van der Waals surface area contributed by atoms with Gasteiger partial charge in [0.25, 0.3) is 30.1 Å². The van der Waals surface area contributed by atoms with Crippen LogP contribution in [0.3, 0.4) is 0 Å². The maximum atomic E-state index is 14.7. The molecule has 25 heteroatoms. The molecule has 3 aliphatic carbocycles. The molecule has 12 rings (SSSR count). The van der Waals surface area contributed by atoms with Gasteiger partial charge < -0.3 is 44.8 Å². The number of rotatable bonds is 24. The molecule has 0 unspecified atom stereocenters. The molecule has 0 amide bonds. The van der Waals surface area contributed by atoms with Gasteiger partial charge in [0.2, 0.25) is 0 Å². The van der Waals surface area contributed by atoms with Crippen molar-refractivity contribution in [2.75, 3.05) is 31.4 Å². The first-order chi connectivity index (χ1) is 46.9. The SMILES string of the molecule is C=C(O)CSc1cc(NS(=O)(=O)c2ccc(OC3CCCC3)cc2)c2ccccc2c1O.C=C(O)CSc1cc(NS(=O)(=O)c2ccc(OC3CCCCC3)c(F)c2)c2ccccc2c1O.C=C(O)CSc1cc(NS(=O)(=O)c2cccc(OC3CCCC3)c2)c2ccccc2c1O. The van der Waals surface area contributed by atoms with Crippen molar-refractivity contribution in [1.29, 1.82) is 0 Å². The molecule has 18 nitrogen and oxygen atoms in total. The maximum absolute atomic E-state index is 14.7. The van der Waals surface area contributed by atoms with Gasteiger partial charge in [0.1, 0.15) is 28.7 Å². The molecule has 9 aromatic carbocycles. The molecule has 9 aromatic rings. The minimum absolute atomic E-state index is 0.0277. The highest BCUT2D eigenvalue weighted by molar-refractivity contribution is 8.00. The van der Waals surface area contributed by atoms with Crippen LogP contribution >= 0.6 is 35.3 Å². The second-order valence-electron chi connectivity index (χ2n) is 23.8. The number of anilines is 3. The smallest absolute Gasteiger partial charge is 0.262 e. The zero-order chi connectivity index (χ0) is 69.7. The average Bonchev–Trinajstić information content (AvgIpc) is 1.07. The van der Waals surface area contributed by atoms with Crippen molar-refractivity contribution >= 4 is 115 Å². The number of hydrogen-bond donors (Lipinski definition) is 9. The standard InChI is InChI=1S/C25H26FNO5S2.2C24H25NO5S2/c1-16(28)15-33-24-14-22(19-9-5-6-10-20(19)25(24)29)27-34(30,31)18-11-12-23(21(26)13-18)32-17-7-3-2-4-8-17;1-16(26)15-31-23-14-22(20-11-4-5-12-21(20)24(23)27)25-32(28,29)19-10-6-9-18(13-19)30-17-7-2-3-8-17;1-16(26)15-31-23-14-22(20-8-4-5-9-21(20)24(23)27)25-32(28,29)19-12-10-18(11-13-19)30-17-6-2-3-7-17/h5-6,9-14,17,27-29H,1-4,7-8,15H2;4-6,9-14,17,25-27H,1-3,7-8,15H2;4-5,8-14,17,25-27H,1-3,6-7,15H2. The van der Waals surface area contributed by atoms with E-state index in [0.29, 0.717) is 69.9 Å². The van der Waals surface area contributed by atoms with Crippen molar-refractivity contribution < 1.29 is 74.5 Å². The molecule has 0 saturated heterocycles. The summed E-state index contributed by atoms with van der Waals surface area (Å²) in [5.41, 5.74) is 0.907. The van der Waals surface area contributed by atoms with Crippen LogP contribution in [0.4, 0.5) is 21.5 Å². The highest BCUT2D eigenvalue weighted by Gasteiger charge is 2.26. The van der Waals surface area contributed by atoms with Gasteiger partial charge in [-0.1, -0.05) is 105 Å². The molecule has 0 atom stereocenters. The Bertz CT molecular complexity index is 4750. The number of halogens is 1. The zero-order valence-electron chi connectivity index (χ0n) is 53.4. The summed E-state index contributed by atoms with van der Waals surface area (Å²) in [5.74, 6) is 0.877. The third kappa shape index (κ3) is 18.6. The van der Waals surface area contributed by atoms with Gasteiger partial charge in [-0.05, 0) is 150 Å². The molecule has 9 N–H and O–H groups in total. The van der Waals surface area contributed by atoms with Gasteiger partial charge in [-0.25, -0.2) is 29.6 Å². The Morgan fingerprint density at radius 3 is 1.12 bits per heavy atom. The lowest BCUT2D eigenvalue weighted by atomic mass is 9.98. The topological polar surface area (TPSA) is 288 Å². The second kappa shape index (κ2) is 32.4. The molecule has 0 aromatic heterocycles. The summed E-state index contributed by atoms with van der Waals surface area (Å²) in [4.78, 5) is 1.23. The third-order valence-corrected chi connectivity index (χ3v) is 23.8. The number of phenolic OH excluding ortho intramolecular Hbond substituents is 3. The van der Waals surface area contributed by atoms with Gasteiger partial charge in [-0.3, -0.25) is 14.2 Å². The second-order valence-corrected chi connectivity index (χ2v) is 31.9. The number of sulfonamides is 3. The van der Waals surface area contributed by atoms with Crippen LogP contribution in [-0.4, -0.2) is 91.5 Å². The molecule has 3 aliphatic rings. The van der Waals surface area contributed by atoms with Crippen LogP contribution in [0.2, 0.25) is 0 Å². The summed E-state index contributed by atoms with van der Waals surface area (Å²) in [6, 6.07) is 41.9.